The van der Waals surface area contributed by atoms with Crippen molar-refractivity contribution in [3.8, 4) is 0 Å². The summed E-state index contributed by atoms with van der Waals surface area (Å²) in [6, 6.07) is 3.69. The largest absolute Gasteiger partial charge is 0.476 e. The predicted octanol–water partition coefficient (Wildman–Crippen LogP) is 1.25. The molecule has 0 saturated carbocycles. The Hall–Kier alpha value is -1.95. The van der Waals surface area contributed by atoms with Crippen molar-refractivity contribution in [2.75, 3.05) is 18.4 Å². The molecule has 1 aromatic heterocycles. The first-order chi connectivity index (χ1) is 8.65. The molecule has 0 amide bonds. The van der Waals surface area contributed by atoms with E-state index in [4.69, 9.17) is 5.11 Å². The van der Waals surface area contributed by atoms with E-state index in [1.54, 1.807) is 12.1 Å². The third kappa shape index (κ3) is 3.27. The van der Waals surface area contributed by atoms with E-state index in [9.17, 15) is 9.18 Å². The van der Waals surface area contributed by atoms with Crippen molar-refractivity contribution in [3.63, 3.8) is 0 Å². The number of nitrogens with one attached hydrogen (secondary N) is 2. The highest BCUT2D eigenvalue weighted by Crippen LogP contribution is 2.12. The molecule has 1 fully saturated rings. The Bertz CT molecular complexity index is 453. The van der Waals surface area contributed by atoms with Crippen molar-refractivity contribution in [2.45, 2.75) is 12.5 Å². The Labute approximate surface area is 104 Å². The number of hydrogen-bond donors (Lipinski definition) is 3. The zero-order valence-electron chi connectivity index (χ0n) is 9.69. The summed E-state index contributed by atoms with van der Waals surface area (Å²) in [5.74, 6) is -2.07. The van der Waals surface area contributed by atoms with Crippen LogP contribution in [0.1, 0.15) is 12.0 Å². The van der Waals surface area contributed by atoms with Gasteiger partial charge in [0.15, 0.2) is 0 Å². The van der Waals surface area contributed by atoms with Gasteiger partial charge in [-0.05, 0) is 36.7 Å². The van der Waals surface area contributed by atoms with Crippen LogP contribution in [0.15, 0.2) is 24.2 Å². The van der Waals surface area contributed by atoms with E-state index in [-0.39, 0.29) is 0 Å². The number of hydrogen-bond acceptors (Lipinski definition) is 4. The number of carbonyl (C=O) groups is 1. The second-order valence-electron chi connectivity index (χ2n) is 4.11. The van der Waals surface area contributed by atoms with Crippen LogP contribution < -0.4 is 10.6 Å². The van der Waals surface area contributed by atoms with Gasteiger partial charge in [0.05, 0.1) is 0 Å². The van der Waals surface area contributed by atoms with Crippen molar-refractivity contribution in [3.05, 3.63) is 29.7 Å². The normalized spacial score (nSPS) is 19.8. The van der Waals surface area contributed by atoms with E-state index in [1.807, 2.05) is 0 Å². The zero-order valence-corrected chi connectivity index (χ0v) is 9.69. The van der Waals surface area contributed by atoms with E-state index < -0.39 is 11.8 Å². The highest BCUT2D eigenvalue weighted by atomic mass is 19.1. The maximum Gasteiger partial charge on any atom is 0.364 e. The molecule has 0 aliphatic carbocycles. The summed E-state index contributed by atoms with van der Waals surface area (Å²) in [6.07, 6.45) is 3.42. The van der Waals surface area contributed by atoms with Gasteiger partial charge in [-0.15, -0.1) is 0 Å². The van der Waals surface area contributed by atoms with Gasteiger partial charge in [0.1, 0.15) is 5.82 Å². The third-order valence-electron chi connectivity index (χ3n) is 2.70. The van der Waals surface area contributed by atoms with Gasteiger partial charge in [0.2, 0.25) is 5.83 Å². The Morgan fingerprint density at radius 2 is 2.44 bits per heavy atom. The second-order valence-corrected chi connectivity index (χ2v) is 4.11. The van der Waals surface area contributed by atoms with Crippen molar-refractivity contribution in [1.29, 1.82) is 0 Å². The molecule has 6 heteroatoms. The number of pyridine rings is 1. The summed E-state index contributed by atoms with van der Waals surface area (Å²) < 4.78 is 12.8. The number of aromatic nitrogens is 1. The van der Waals surface area contributed by atoms with Gasteiger partial charge in [-0.3, -0.25) is 0 Å². The van der Waals surface area contributed by atoms with Gasteiger partial charge in [-0.2, -0.15) is 4.39 Å². The predicted molar refractivity (Wildman–Crippen MR) is 65.9 cm³/mol. The van der Waals surface area contributed by atoms with E-state index >= 15 is 0 Å². The first-order valence-corrected chi connectivity index (χ1v) is 5.69. The van der Waals surface area contributed by atoms with Gasteiger partial charge < -0.3 is 15.7 Å². The third-order valence-corrected chi connectivity index (χ3v) is 2.70. The van der Waals surface area contributed by atoms with Crippen LogP contribution in [0, 0.1) is 0 Å². The smallest absolute Gasteiger partial charge is 0.364 e. The number of anilines is 1. The number of rotatable bonds is 4. The Balaban J connectivity index is 2.00. The minimum absolute atomic E-state index is 0.356. The molecule has 96 valence electrons. The fraction of sp³-hybridized carbons (Fsp3) is 0.333. The van der Waals surface area contributed by atoms with Crippen LogP contribution in [-0.2, 0) is 4.79 Å². The van der Waals surface area contributed by atoms with Gasteiger partial charge in [0.25, 0.3) is 0 Å². The Morgan fingerprint density at radius 3 is 3.00 bits per heavy atom. The minimum atomic E-state index is -1.57. The average Bonchev–Trinajstić information content (AvgIpc) is 2.84. The van der Waals surface area contributed by atoms with E-state index in [1.165, 1.54) is 6.20 Å². The molecule has 0 aromatic carbocycles. The van der Waals surface area contributed by atoms with E-state index in [0.717, 1.165) is 25.6 Å². The maximum atomic E-state index is 12.8. The van der Waals surface area contributed by atoms with Crippen LogP contribution in [0.5, 0.6) is 0 Å². The van der Waals surface area contributed by atoms with Crippen LogP contribution in [0.3, 0.4) is 0 Å². The molecule has 2 rings (SSSR count). The number of nitrogens with zero attached hydrogens (tertiary/aromatic N) is 1. The fourth-order valence-corrected chi connectivity index (χ4v) is 1.77. The van der Waals surface area contributed by atoms with Gasteiger partial charge >= 0.3 is 5.97 Å². The lowest BCUT2D eigenvalue weighted by molar-refractivity contribution is -0.134. The van der Waals surface area contributed by atoms with E-state index in [0.29, 0.717) is 17.4 Å². The molecular weight excluding hydrogens is 237 g/mol. The molecule has 0 spiro atoms. The molecule has 18 heavy (non-hydrogen) atoms. The molecule has 1 aliphatic rings. The van der Waals surface area contributed by atoms with Crippen molar-refractivity contribution in [2.24, 2.45) is 0 Å². The summed E-state index contributed by atoms with van der Waals surface area (Å²) in [4.78, 5) is 14.4. The van der Waals surface area contributed by atoms with Crippen LogP contribution in [0.4, 0.5) is 10.2 Å². The zero-order chi connectivity index (χ0) is 13.0. The van der Waals surface area contributed by atoms with Gasteiger partial charge in [-0.25, -0.2) is 9.78 Å². The summed E-state index contributed by atoms with van der Waals surface area (Å²) >= 11 is 0. The number of carboxylic acid groups (broad SMARTS) is 1. The number of carboxylic acids is 1. The summed E-state index contributed by atoms with van der Waals surface area (Å²) in [7, 11) is 0. The van der Waals surface area contributed by atoms with Crippen LogP contribution in [-0.4, -0.2) is 35.2 Å². The Morgan fingerprint density at radius 1 is 1.61 bits per heavy atom. The van der Waals surface area contributed by atoms with Crippen molar-refractivity contribution in [1.82, 2.24) is 10.3 Å². The first-order valence-electron chi connectivity index (χ1n) is 5.69. The molecule has 0 bridgehead atoms. The van der Waals surface area contributed by atoms with Crippen LogP contribution in [0.25, 0.3) is 6.08 Å². The topological polar surface area (TPSA) is 74.2 Å². The molecule has 1 aliphatic heterocycles. The van der Waals surface area contributed by atoms with Crippen LogP contribution >= 0.6 is 0 Å². The van der Waals surface area contributed by atoms with Gasteiger partial charge in [-0.1, -0.05) is 0 Å². The highest BCUT2D eigenvalue weighted by Gasteiger charge is 2.14. The SMILES string of the molecule is O=C(O)C(F)=Cc1ccc(N[C@@H]2CCNC2)nc1. The molecule has 1 aromatic rings. The van der Waals surface area contributed by atoms with E-state index in [2.05, 4.69) is 15.6 Å². The molecule has 3 N–H and O–H groups in total. The second kappa shape index (κ2) is 5.59. The summed E-state index contributed by atoms with van der Waals surface area (Å²) in [6.45, 7) is 1.89. The standard InChI is InChI=1S/C12H14FN3O2/c13-10(12(17)18)5-8-1-2-11(15-6-8)16-9-3-4-14-7-9/h1-2,5-6,9,14H,3-4,7H2,(H,15,16)(H,17,18)/t9-/m1/s1. The summed E-state index contributed by atoms with van der Waals surface area (Å²) in [5.41, 5.74) is 0.421. The van der Waals surface area contributed by atoms with Gasteiger partial charge in [0, 0.05) is 18.8 Å². The summed E-state index contributed by atoms with van der Waals surface area (Å²) in [5, 5.41) is 14.9. The van der Waals surface area contributed by atoms with Crippen molar-refractivity contribution < 1.29 is 14.3 Å². The minimum Gasteiger partial charge on any atom is -0.476 e. The monoisotopic (exact) mass is 251 g/mol. The molecular formula is C12H14FN3O2. The maximum absolute atomic E-state index is 12.8. The number of aliphatic carboxylic acids is 1. The van der Waals surface area contributed by atoms with Crippen molar-refractivity contribution >= 4 is 17.9 Å². The fourth-order valence-electron chi connectivity index (χ4n) is 1.77. The first kappa shape index (κ1) is 12.5. The average molecular weight is 251 g/mol. The molecule has 5 nitrogen and oxygen atoms in total. The number of halogens is 1. The lowest BCUT2D eigenvalue weighted by atomic mass is 10.2. The molecule has 0 radical (unpaired) electrons. The molecule has 1 saturated heterocycles. The Kier molecular flexibility index (Phi) is 3.88. The molecule has 0 unspecified atom stereocenters. The lowest BCUT2D eigenvalue weighted by Crippen LogP contribution is -2.22. The molecule has 2 heterocycles. The lowest BCUT2D eigenvalue weighted by Gasteiger charge is -2.11. The quantitative estimate of drug-likeness (QED) is 0.702. The van der Waals surface area contributed by atoms with Crippen LogP contribution in [0.2, 0.25) is 0 Å². The highest BCUT2D eigenvalue weighted by molar-refractivity contribution is 5.89. The molecule has 1 atom stereocenters.